The average molecular weight is 387 g/mol. The highest BCUT2D eigenvalue weighted by molar-refractivity contribution is 5.98. The number of rotatable bonds is 6. The molecule has 0 aliphatic carbocycles. The van der Waals surface area contributed by atoms with Crippen LogP contribution in [0, 0.1) is 0 Å². The molecule has 0 bridgehead atoms. The first-order valence-corrected chi connectivity index (χ1v) is 8.27. The molecule has 3 N–H and O–H groups in total. The lowest BCUT2D eigenvalue weighted by atomic mass is 10.1. The fraction of sp³-hybridized carbons (Fsp3) is 0.158. The molecular formula is C19H16F3N5O. The molecule has 2 heterocycles. The van der Waals surface area contributed by atoms with Crippen LogP contribution in [0.4, 0.5) is 18.9 Å². The molecule has 0 atom stereocenters. The Morgan fingerprint density at radius 3 is 2.54 bits per heavy atom. The molecule has 2 aromatic heterocycles. The number of carbonyl (C=O) groups excluding carboxylic acids is 1. The molecule has 9 heteroatoms. The second-order valence-electron chi connectivity index (χ2n) is 5.97. The van der Waals surface area contributed by atoms with E-state index in [9.17, 15) is 18.0 Å². The van der Waals surface area contributed by atoms with E-state index >= 15 is 0 Å². The first-order valence-electron chi connectivity index (χ1n) is 8.27. The SMILES string of the molecule is NC(=O)c1cnc(Cc2cnccn2)cc1NCc1ccccc1C(F)(F)F. The molecule has 144 valence electrons. The number of nitrogens with zero attached hydrogens (tertiary/aromatic N) is 3. The van der Waals surface area contributed by atoms with Gasteiger partial charge in [0.2, 0.25) is 0 Å². The highest BCUT2D eigenvalue weighted by Gasteiger charge is 2.32. The molecule has 0 radical (unpaired) electrons. The Labute approximate surface area is 158 Å². The maximum absolute atomic E-state index is 13.2. The van der Waals surface area contributed by atoms with Gasteiger partial charge in [-0.1, -0.05) is 18.2 Å². The Balaban J connectivity index is 1.86. The van der Waals surface area contributed by atoms with E-state index in [1.807, 2.05) is 0 Å². The third kappa shape index (κ3) is 4.61. The summed E-state index contributed by atoms with van der Waals surface area (Å²) in [5.41, 5.74) is 6.30. The number of nitrogens with two attached hydrogens (primary N) is 1. The zero-order valence-electron chi connectivity index (χ0n) is 14.6. The molecule has 0 spiro atoms. The fourth-order valence-corrected chi connectivity index (χ4v) is 2.69. The summed E-state index contributed by atoms with van der Waals surface area (Å²) in [6, 6.07) is 6.81. The minimum Gasteiger partial charge on any atom is -0.380 e. The number of hydrogen-bond acceptors (Lipinski definition) is 5. The van der Waals surface area contributed by atoms with Crippen molar-refractivity contribution >= 4 is 11.6 Å². The van der Waals surface area contributed by atoms with Gasteiger partial charge in [0.25, 0.3) is 5.91 Å². The molecule has 0 fully saturated rings. The number of pyridine rings is 1. The number of primary amides is 1. The van der Waals surface area contributed by atoms with Crippen molar-refractivity contribution in [1.82, 2.24) is 15.0 Å². The number of hydrogen-bond donors (Lipinski definition) is 2. The Morgan fingerprint density at radius 2 is 1.86 bits per heavy atom. The van der Waals surface area contributed by atoms with Crippen molar-refractivity contribution in [3.8, 4) is 0 Å². The van der Waals surface area contributed by atoms with Crippen molar-refractivity contribution in [3.63, 3.8) is 0 Å². The van der Waals surface area contributed by atoms with E-state index in [1.165, 1.54) is 30.6 Å². The van der Waals surface area contributed by atoms with Gasteiger partial charge in [-0.15, -0.1) is 0 Å². The number of aromatic nitrogens is 3. The van der Waals surface area contributed by atoms with E-state index in [1.54, 1.807) is 18.5 Å². The van der Waals surface area contributed by atoms with Crippen molar-refractivity contribution in [2.75, 3.05) is 5.32 Å². The van der Waals surface area contributed by atoms with Crippen LogP contribution < -0.4 is 11.1 Å². The van der Waals surface area contributed by atoms with Gasteiger partial charge in [-0.2, -0.15) is 13.2 Å². The van der Waals surface area contributed by atoms with E-state index in [2.05, 4.69) is 20.3 Å². The lowest BCUT2D eigenvalue weighted by Crippen LogP contribution is -2.17. The maximum Gasteiger partial charge on any atom is 0.416 e. The molecule has 1 aromatic carbocycles. The summed E-state index contributed by atoms with van der Waals surface area (Å²) >= 11 is 0. The summed E-state index contributed by atoms with van der Waals surface area (Å²) in [7, 11) is 0. The summed E-state index contributed by atoms with van der Waals surface area (Å²) in [5, 5.41) is 2.87. The van der Waals surface area contributed by atoms with Gasteiger partial charge in [0.05, 0.1) is 22.5 Å². The quantitative estimate of drug-likeness (QED) is 0.678. The third-order valence-corrected chi connectivity index (χ3v) is 4.00. The van der Waals surface area contributed by atoms with Crippen molar-refractivity contribution in [1.29, 1.82) is 0 Å². The highest BCUT2D eigenvalue weighted by atomic mass is 19.4. The van der Waals surface area contributed by atoms with Gasteiger partial charge in [-0.05, 0) is 17.7 Å². The van der Waals surface area contributed by atoms with Crippen molar-refractivity contribution in [2.24, 2.45) is 5.73 Å². The summed E-state index contributed by atoms with van der Waals surface area (Å²) < 4.78 is 39.5. The standard InChI is InChI=1S/C19H16F3N5O/c20-19(21,22)16-4-2-1-3-12(16)9-27-17-8-13(26-11-15(17)18(23)28)7-14-10-24-5-6-25-14/h1-6,8,10-11H,7,9H2,(H2,23,28)(H,26,27). The molecular weight excluding hydrogens is 371 g/mol. The van der Waals surface area contributed by atoms with Crippen molar-refractivity contribution in [3.05, 3.63) is 83.2 Å². The number of anilines is 1. The van der Waals surface area contributed by atoms with E-state index < -0.39 is 17.6 Å². The molecule has 0 aliphatic rings. The number of halogens is 3. The third-order valence-electron chi connectivity index (χ3n) is 4.00. The number of nitrogens with one attached hydrogen (secondary N) is 1. The molecule has 0 saturated carbocycles. The van der Waals surface area contributed by atoms with Crippen LogP contribution in [0.25, 0.3) is 0 Å². The van der Waals surface area contributed by atoms with Crippen LogP contribution in [-0.2, 0) is 19.1 Å². The predicted molar refractivity (Wildman–Crippen MR) is 96.4 cm³/mol. The molecule has 0 saturated heterocycles. The molecule has 6 nitrogen and oxygen atoms in total. The minimum atomic E-state index is -4.47. The highest BCUT2D eigenvalue weighted by Crippen LogP contribution is 2.32. The van der Waals surface area contributed by atoms with Crippen LogP contribution in [-0.4, -0.2) is 20.9 Å². The van der Waals surface area contributed by atoms with Gasteiger partial charge < -0.3 is 11.1 Å². The van der Waals surface area contributed by atoms with E-state index in [4.69, 9.17) is 5.73 Å². The Hall–Kier alpha value is -3.49. The van der Waals surface area contributed by atoms with Gasteiger partial charge >= 0.3 is 6.18 Å². The summed E-state index contributed by atoms with van der Waals surface area (Å²) in [4.78, 5) is 24.0. The smallest absolute Gasteiger partial charge is 0.380 e. The summed E-state index contributed by atoms with van der Waals surface area (Å²) in [5.74, 6) is -0.731. The lowest BCUT2D eigenvalue weighted by Gasteiger charge is -2.15. The fourth-order valence-electron chi connectivity index (χ4n) is 2.69. The largest absolute Gasteiger partial charge is 0.416 e. The second-order valence-corrected chi connectivity index (χ2v) is 5.97. The van der Waals surface area contributed by atoms with E-state index in [0.29, 0.717) is 23.5 Å². The van der Waals surface area contributed by atoms with Gasteiger partial charge in [0.1, 0.15) is 0 Å². The predicted octanol–water partition coefficient (Wildman–Crippen LogP) is 3.19. The number of amides is 1. The van der Waals surface area contributed by atoms with Crippen LogP contribution in [0.1, 0.15) is 32.9 Å². The average Bonchev–Trinajstić information content (AvgIpc) is 2.66. The van der Waals surface area contributed by atoms with Crippen LogP contribution in [0.15, 0.2) is 55.1 Å². The van der Waals surface area contributed by atoms with Crippen molar-refractivity contribution in [2.45, 2.75) is 19.1 Å². The van der Waals surface area contributed by atoms with E-state index in [-0.39, 0.29) is 17.7 Å². The Bertz CT molecular complexity index is 977. The Morgan fingerprint density at radius 1 is 1.07 bits per heavy atom. The van der Waals surface area contributed by atoms with E-state index in [0.717, 1.165) is 6.07 Å². The molecule has 0 aliphatic heterocycles. The maximum atomic E-state index is 13.2. The van der Waals surface area contributed by atoms with Crippen molar-refractivity contribution < 1.29 is 18.0 Å². The number of carbonyl (C=O) groups is 1. The topological polar surface area (TPSA) is 93.8 Å². The molecule has 1 amide bonds. The minimum absolute atomic E-state index is 0.0534. The van der Waals surface area contributed by atoms with Crippen LogP contribution in [0.3, 0.4) is 0 Å². The number of alkyl halides is 3. The van der Waals surface area contributed by atoms with Gasteiger partial charge in [-0.3, -0.25) is 19.7 Å². The van der Waals surface area contributed by atoms with Gasteiger partial charge in [-0.25, -0.2) is 0 Å². The first-order chi connectivity index (χ1) is 13.3. The molecule has 3 aromatic rings. The molecule has 28 heavy (non-hydrogen) atoms. The molecule has 0 unspecified atom stereocenters. The molecule has 3 rings (SSSR count). The van der Waals surface area contributed by atoms with Crippen LogP contribution in [0.2, 0.25) is 0 Å². The summed E-state index contributed by atoms with van der Waals surface area (Å²) in [6.45, 7) is -0.134. The van der Waals surface area contributed by atoms with Gasteiger partial charge in [0, 0.05) is 43.4 Å². The second kappa shape index (κ2) is 8.03. The van der Waals surface area contributed by atoms with Gasteiger partial charge in [0.15, 0.2) is 0 Å². The zero-order valence-corrected chi connectivity index (χ0v) is 14.6. The normalized spacial score (nSPS) is 11.2. The summed E-state index contributed by atoms with van der Waals surface area (Å²) in [6.07, 6.45) is 1.84. The number of benzene rings is 1. The monoisotopic (exact) mass is 387 g/mol. The van der Waals surface area contributed by atoms with Crippen LogP contribution in [0.5, 0.6) is 0 Å². The Kier molecular flexibility index (Phi) is 5.53. The van der Waals surface area contributed by atoms with Crippen LogP contribution >= 0.6 is 0 Å². The first kappa shape index (κ1) is 19.3. The zero-order chi connectivity index (χ0) is 20.1. The lowest BCUT2D eigenvalue weighted by molar-refractivity contribution is -0.138.